The van der Waals surface area contributed by atoms with Crippen LogP contribution in [0.15, 0.2) is 24.3 Å². The number of likely N-dealkylation sites (tertiary alicyclic amines) is 1. The minimum absolute atomic E-state index is 0.107. The van der Waals surface area contributed by atoms with Crippen molar-refractivity contribution in [3.8, 4) is 0 Å². The van der Waals surface area contributed by atoms with Crippen LogP contribution in [0.5, 0.6) is 0 Å². The van der Waals surface area contributed by atoms with E-state index in [-0.39, 0.29) is 5.91 Å². The second-order valence-electron chi connectivity index (χ2n) is 5.03. The topological polar surface area (TPSA) is 44.4 Å². The lowest BCUT2D eigenvalue weighted by molar-refractivity contribution is -0.116. The number of nitrogens with one attached hydrogen (secondary N) is 2. The molecule has 1 aliphatic rings. The van der Waals surface area contributed by atoms with E-state index in [1.807, 2.05) is 31.3 Å². The summed E-state index contributed by atoms with van der Waals surface area (Å²) in [6.45, 7) is 3.93. The molecule has 1 fully saturated rings. The molecule has 0 unspecified atom stereocenters. The van der Waals surface area contributed by atoms with Crippen molar-refractivity contribution in [1.29, 1.82) is 0 Å². The number of rotatable bonds is 6. The molecule has 1 saturated heterocycles. The van der Waals surface area contributed by atoms with E-state index >= 15 is 0 Å². The van der Waals surface area contributed by atoms with Crippen LogP contribution in [0.1, 0.15) is 24.8 Å². The average Bonchev–Trinajstić information content (AvgIpc) is 2.92. The van der Waals surface area contributed by atoms with Gasteiger partial charge in [0, 0.05) is 25.2 Å². The van der Waals surface area contributed by atoms with Crippen molar-refractivity contribution in [3.05, 3.63) is 29.8 Å². The molecule has 1 heterocycles. The summed E-state index contributed by atoms with van der Waals surface area (Å²) in [5, 5.41) is 6.13. The van der Waals surface area contributed by atoms with Crippen LogP contribution in [0, 0.1) is 0 Å². The number of anilines is 1. The number of carbonyl (C=O) groups is 1. The van der Waals surface area contributed by atoms with Gasteiger partial charge in [0.15, 0.2) is 0 Å². The summed E-state index contributed by atoms with van der Waals surface area (Å²) < 4.78 is 0. The van der Waals surface area contributed by atoms with Gasteiger partial charge in [0.05, 0.1) is 0 Å². The molecule has 0 aromatic heterocycles. The van der Waals surface area contributed by atoms with E-state index in [4.69, 9.17) is 0 Å². The van der Waals surface area contributed by atoms with Crippen LogP contribution in [0.25, 0.3) is 0 Å². The Balaban J connectivity index is 1.83. The monoisotopic (exact) mass is 261 g/mol. The fourth-order valence-corrected chi connectivity index (χ4v) is 2.47. The Labute approximate surface area is 115 Å². The van der Waals surface area contributed by atoms with Gasteiger partial charge in [-0.2, -0.15) is 0 Å². The van der Waals surface area contributed by atoms with E-state index in [9.17, 15) is 4.79 Å². The Kier molecular flexibility index (Phi) is 5.36. The summed E-state index contributed by atoms with van der Waals surface area (Å²) in [6.07, 6.45) is 3.12. The molecule has 0 atom stereocenters. The zero-order valence-corrected chi connectivity index (χ0v) is 11.6. The second-order valence-corrected chi connectivity index (χ2v) is 5.03. The van der Waals surface area contributed by atoms with Crippen molar-refractivity contribution < 1.29 is 4.79 Å². The average molecular weight is 261 g/mol. The summed E-state index contributed by atoms with van der Waals surface area (Å²) in [7, 11) is 1.91. The molecule has 104 valence electrons. The third-order valence-electron chi connectivity index (χ3n) is 3.51. The third kappa shape index (κ3) is 4.33. The fraction of sp³-hybridized carbons (Fsp3) is 0.533. The first-order valence-corrected chi connectivity index (χ1v) is 7.04. The van der Waals surface area contributed by atoms with Crippen LogP contribution in [-0.2, 0) is 11.3 Å². The summed E-state index contributed by atoms with van der Waals surface area (Å²) in [5.74, 6) is 0.107. The molecule has 0 aliphatic carbocycles. The minimum atomic E-state index is 0.107. The van der Waals surface area contributed by atoms with Gasteiger partial charge in [0.2, 0.25) is 5.91 Å². The quantitative estimate of drug-likeness (QED) is 0.821. The van der Waals surface area contributed by atoms with Crippen LogP contribution >= 0.6 is 0 Å². The Morgan fingerprint density at radius 1 is 1.26 bits per heavy atom. The lowest BCUT2D eigenvalue weighted by Crippen LogP contribution is -2.25. The lowest BCUT2D eigenvalue weighted by atomic mass is 10.1. The molecule has 19 heavy (non-hydrogen) atoms. The van der Waals surface area contributed by atoms with E-state index in [1.165, 1.54) is 12.8 Å². The van der Waals surface area contributed by atoms with Gasteiger partial charge in [-0.3, -0.25) is 4.79 Å². The van der Waals surface area contributed by atoms with E-state index in [0.29, 0.717) is 6.42 Å². The highest BCUT2D eigenvalue weighted by atomic mass is 16.1. The Bertz CT molecular complexity index is 414. The van der Waals surface area contributed by atoms with Crippen molar-refractivity contribution in [2.45, 2.75) is 25.8 Å². The van der Waals surface area contributed by atoms with Gasteiger partial charge in [0.25, 0.3) is 0 Å². The van der Waals surface area contributed by atoms with Crippen LogP contribution in [0.3, 0.4) is 0 Å². The number of para-hydroxylation sites is 1. The first-order valence-electron chi connectivity index (χ1n) is 7.04. The van der Waals surface area contributed by atoms with Crippen molar-refractivity contribution >= 4 is 11.6 Å². The predicted octanol–water partition coefficient (Wildman–Crippen LogP) is 1.83. The van der Waals surface area contributed by atoms with Crippen LogP contribution in [0.4, 0.5) is 5.69 Å². The first kappa shape index (κ1) is 14.0. The van der Waals surface area contributed by atoms with Crippen molar-refractivity contribution in [2.75, 3.05) is 32.0 Å². The molecular formula is C15H23N3O. The number of hydrogen-bond donors (Lipinski definition) is 2. The van der Waals surface area contributed by atoms with E-state index in [1.54, 1.807) is 0 Å². The molecule has 1 amide bonds. The number of amides is 1. The molecule has 4 nitrogen and oxygen atoms in total. The third-order valence-corrected chi connectivity index (χ3v) is 3.51. The van der Waals surface area contributed by atoms with E-state index < -0.39 is 0 Å². The van der Waals surface area contributed by atoms with Gasteiger partial charge >= 0.3 is 0 Å². The molecule has 4 heteroatoms. The summed E-state index contributed by atoms with van der Waals surface area (Å²) in [5.41, 5.74) is 2.04. The standard InChI is InChI=1S/C15H23N3O/c1-16-12-13-6-2-3-7-14(13)17-15(19)8-11-18-9-4-5-10-18/h2-3,6-7,16H,4-5,8-12H2,1H3,(H,17,19). The molecule has 0 spiro atoms. The molecule has 2 N–H and O–H groups in total. The van der Waals surface area contributed by atoms with Gasteiger partial charge in [-0.25, -0.2) is 0 Å². The van der Waals surface area contributed by atoms with Crippen LogP contribution in [-0.4, -0.2) is 37.5 Å². The predicted molar refractivity (Wildman–Crippen MR) is 78.1 cm³/mol. The Hall–Kier alpha value is -1.39. The van der Waals surface area contributed by atoms with Gasteiger partial charge < -0.3 is 15.5 Å². The zero-order valence-electron chi connectivity index (χ0n) is 11.6. The van der Waals surface area contributed by atoms with Gasteiger partial charge in [0.1, 0.15) is 0 Å². The Morgan fingerprint density at radius 3 is 2.74 bits per heavy atom. The first-order chi connectivity index (χ1) is 9.29. The fourth-order valence-electron chi connectivity index (χ4n) is 2.47. The van der Waals surface area contributed by atoms with Crippen LogP contribution < -0.4 is 10.6 Å². The highest BCUT2D eigenvalue weighted by Gasteiger charge is 2.13. The molecular weight excluding hydrogens is 238 g/mol. The summed E-state index contributed by atoms with van der Waals surface area (Å²) in [4.78, 5) is 14.3. The van der Waals surface area contributed by atoms with E-state index in [0.717, 1.165) is 37.4 Å². The van der Waals surface area contributed by atoms with Crippen molar-refractivity contribution in [1.82, 2.24) is 10.2 Å². The number of hydrogen-bond acceptors (Lipinski definition) is 3. The van der Waals surface area contributed by atoms with Crippen LogP contribution in [0.2, 0.25) is 0 Å². The largest absolute Gasteiger partial charge is 0.326 e. The minimum Gasteiger partial charge on any atom is -0.326 e. The SMILES string of the molecule is CNCc1ccccc1NC(=O)CCN1CCCC1. The summed E-state index contributed by atoms with van der Waals surface area (Å²) >= 11 is 0. The highest BCUT2D eigenvalue weighted by Crippen LogP contribution is 2.15. The smallest absolute Gasteiger partial charge is 0.225 e. The van der Waals surface area contributed by atoms with Crippen molar-refractivity contribution in [3.63, 3.8) is 0 Å². The molecule has 0 radical (unpaired) electrons. The molecule has 2 rings (SSSR count). The number of nitrogens with zero attached hydrogens (tertiary/aromatic N) is 1. The normalized spacial score (nSPS) is 15.6. The summed E-state index contributed by atoms with van der Waals surface area (Å²) in [6, 6.07) is 7.94. The van der Waals surface area contributed by atoms with Crippen molar-refractivity contribution in [2.24, 2.45) is 0 Å². The molecule has 1 aliphatic heterocycles. The lowest BCUT2D eigenvalue weighted by Gasteiger charge is -2.15. The highest BCUT2D eigenvalue weighted by molar-refractivity contribution is 5.91. The Morgan fingerprint density at radius 2 is 2.00 bits per heavy atom. The van der Waals surface area contributed by atoms with Gasteiger partial charge in [-0.15, -0.1) is 0 Å². The second kappa shape index (κ2) is 7.26. The number of benzene rings is 1. The molecule has 0 bridgehead atoms. The van der Waals surface area contributed by atoms with E-state index in [2.05, 4.69) is 15.5 Å². The maximum absolute atomic E-state index is 12.0. The molecule has 1 aromatic carbocycles. The maximum Gasteiger partial charge on any atom is 0.225 e. The molecule has 1 aromatic rings. The zero-order chi connectivity index (χ0) is 13.5. The van der Waals surface area contributed by atoms with Gasteiger partial charge in [-0.05, 0) is 44.6 Å². The molecule has 0 saturated carbocycles. The van der Waals surface area contributed by atoms with Gasteiger partial charge in [-0.1, -0.05) is 18.2 Å². The maximum atomic E-state index is 12.0. The number of carbonyl (C=O) groups excluding carboxylic acids is 1.